The van der Waals surface area contributed by atoms with E-state index in [-0.39, 0.29) is 16.0 Å². The Hall–Kier alpha value is -2.45. The Bertz CT molecular complexity index is 1110. The second-order valence-electron chi connectivity index (χ2n) is 5.70. The lowest BCUT2D eigenvalue weighted by Gasteiger charge is -2.05. The van der Waals surface area contributed by atoms with E-state index in [4.69, 9.17) is 11.6 Å². The zero-order valence-electron chi connectivity index (χ0n) is 13.7. The highest BCUT2D eigenvalue weighted by atomic mass is 35.5. The third-order valence-corrected chi connectivity index (χ3v) is 4.79. The van der Waals surface area contributed by atoms with Gasteiger partial charge in [0.2, 0.25) is 5.91 Å². The van der Waals surface area contributed by atoms with Crippen molar-refractivity contribution in [1.29, 1.82) is 0 Å². The first kappa shape index (κ1) is 17.4. The molecular weight excluding hydrogens is 364 g/mol. The van der Waals surface area contributed by atoms with Crippen LogP contribution in [0.15, 0.2) is 35.6 Å². The molecule has 0 aromatic carbocycles. The summed E-state index contributed by atoms with van der Waals surface area (Å²) in [6, 6.07) is 4.63. The van der Waals surface area contributed by atoms with Crippen LogP contribution >= 0.6 is 11.6 Å². The average molecular weight is 379 g/mol. The number of nitrogens with zero attached hydrogens (tertiary/aromatic N) is 3. The number of amides is 1. The predicted octanol–water partition coefficient (Wildman–Crippen LogP) is 2.65. The molecule has 3 rings (SSSR count). The van der Waals surface area contributed by atoms with Crippen molar-refractivity contribution in [2.75, 3.05) is 11.6 Å². The predicted molar refractivity (Wildman–Crippen MR) is 96.4 cm³/mol. The molecule has 0 aliphatic rings. The maximum absolute atomic E-state index is 11.8. The summed E-state index contributed by atoms with van der Waals surface area (Å²) in [6.07, 6.45) is 4.53. The van der Waals surface area contributed by atoms with Gasteiger partial charge in [-0.2, -0.15) is 0 Å². The third-order valence-electron chi connectivity index (χ3n) is 3.60. The molecule has 0 aliphatic heterocycles. The van der Waals surface area contributed by atoms with Crippen molar-refractivity contribution in [2.45, 2.75) is 11.9 Å². The SMILES string of the molecule is CC(=O)Nc1cc2c(-c3cc(Cl)cc(S(C)(=O)=O)n3)cn(C)c2cn1. The quantitative estimate of drug-likeness (QED) is 0.756. The van der Waals surface area contributed by atoms with E-state index in [9.17, 15) is 13.2 Å². The lowest BCUT2D eigenvalue weighted by molar-refractivity contribution is -0.114. The second-order valence-corrected chi connectivity index (χ2v) is 8.10. The minimum Gasteiger partial charge on any atom is -0.349 e. The number of hydrogen-bond donors (Lipinski definition) is 1. The number of rotatable bonds is 3. The van der Waals surface area contributed by atoms with Crippen LogP contribution in [0.1, 0.15) is 6.92 Å². The van der Waals surface area contributed by atoms with Gasteiger partial charge in [-0.3, -0.25) is 4.79 Å². The molecular formula is C16H15ClN4O3S. The van der Waals surface area contributed by atoms with Crippen LogP contribution in [-0.4, -0.2) is 35.1 Å². The summed E-state index contributed by atoms with van der Waals surface area (Å²) in [5, 5.41) is 3.59. The minimum atomic E-state index is -3.50. The minimum absolute atomic E-state index is 0.0943. The molecule has 0 fully saturated rings. The summed E-state index contributed by atoms with van der Waals surface area (Å²) in [7, 11) is -1.66. The Morgan fingerprint density at radius 2 is 2.00 bits per heavy atom. The fourth-order valence-electron chi connectivity index (χ4n) is 2.53. The summed E-state index contributed by atoms with van der Waals surface area (Å²) in [4.78, 5) is 19.7. The number of pyridine rings is 2. The number of halogens is 1. The monoisotopic (exact) mass is 378 g/mol. The van der Waals surface area contributed by atoms with E-state index in [1.807, 2.05) is 17.8 Å². The summed E-state index contributed by atoms with van der Waals surface area (Å²) in [6.45, 7) is 1.40. The third kappa shape index (κ3) is 3.49. The van der Waals surface area contributed by atoms with Crippen molar-refractivity contribution >= 4 is 44.1 Å². The topological polar surface area (TPSA) is 94.0 Å². The molecule has 0 saturated heterocycles. The summed E-state index contributed by atoms with van der Waals surface area (Å²) < 4.78 is 25.5. The van der Waals surface area contributed by atoms with Crippen LogP contribution in [0.2, 0.25) is 5.02 Å². The van der Waals surface area contributed by atoms with E-state index in [0.29, 0.717) is 17.1 Å². The Balaban J connectivity index is 2.25. The number of anilines is 1. The van der Waals surface area contributed by atoms with Crippen LogP contribution in [0, 0.1) is 0 Å². The first-order chi connectivity index (χ1) is 11.6. The van der Waals surface area contributed by atoms with Gasteiger partial charge in [0.05, 0.1) is 17.4 Å². The number of carbonyl (C=O) groups is 1. The fraction of sp³-hybridized carbons (Fsp3) is 0.188. The highest BCUT2D eigenvalue weighted by Crippen LogP contribution is 2.32. The molecule has 9 heteroatoms. The zero-order valence-corrected chi connectivity index (χ0v) is 15.3. The summed E-state index contributed by atoms with van der Waals surface area (Å²) in [5.41, 5.74) is 1.93. The second kappa shape index (κ2) is 6.12. The van der Waals surface area contributed by atoms with Crippen molar-refractivity contribution in [1.82, 2.24) is 14.5 Å². The van der Waals surface area contributed by atoms with E-state index in [1.165, 1.54) is 13.0 Å². The van der Waals surface area contributed by atoms with Crippen molar-refractivity contribution < 1.29 is 13.2 Å². The van der Waals surface area contributed by atoms with E-state index in [1.54, 1.807) is 18.3 Å². The highest BCUT2D eigenvalue weighted by Gasteiger charge is 2.16. The molecule has 0 unspecified atom stereocenters. The van der Waals surface area contributed by atoms with Gasteiger partial charge in [0.25, 0.3) is 0 Å². The number of nitrogens with one attached hydrogen (secondary N) is 1. The maximum atomic E-state index is 11.8. The smallest absolute Gasteiger partial charge is 0.222 e. The molecule has 3 aromatic heterocycles. The van der Waals surface area contributed by atoms with Gasteiger partial charge < -0.3 is 9.88 Å². The molecule has 3 heterocycles. The molecule has 0 radical (unpaired) electrons. The molecule has 0 aliphatic carbocycles. The van der Waals surface area contributed by atoms with Gasteiger partial charge in [0.15, 0.2) is 14.9 Å². The molecule has 1 amide bonds. The first-order valence-electron chi connectivity index (χ1n) is 7.26. The van der Waals surface area contributed by atoms with E-state index in [0.717, 1.165) is 17.2 Å². The highest BCUT2D eigenvalue weighted by molar-refractivity contribution is 7.90. The van der Waals surface area contributed by atoms with Crippen molar-refractivity contribution in [3.05, 3.63) is 35.6 Å². The summed E-state index contributed by atoms with van der Waals surface area (Å²) in [5.74, 6) is 0.169. The van der Waals surface area contributed by atoms with Crippen molar-refractivity contribution in [3.8, 4) is 11.3 Å². The van der Waals surface area contributed by atoms with Gasteiger partial charge in [0.1, 0.15) is 5.82 Å². The Morgan fingerprint density at radius 3 is 2.64 bits per heavy atom. The van der Waals surface area contributed by atoms with Crippen LogP contribution < -0.4 is 5.32 Å². The fourth-order valence-corrected chi connectivity index (χ4v) is 3.41. The summed E-state index contributed by atoms with van der Waals surface area (Å²) >= 11 is 6.08. The lowest BCUT2D eigenvalue weighted by atomic mass is 10.1. The maximum Gasteiger partial charge on any atom is 0.222 e. The van der Waals surface area contributed by atoms with Crippen molar-refractivity contribution in [2.24, 2.45) is 7.05 Å². The molecule has 1 N–H and O–H groups in total. The van der Waals surface area contributed by atoms with Crippen LogP contribution in [0.25, 0.3) is 22.2 Å². The van der Waals surface area contributed by atoms with Gasteiger partial charge in [-0.15, -0.1) is 0 Å². The standard InChI is InChI=1S/C16H15ClN4O3S/c1-9(22)19-15-6-11-12(8-21(2)14(11)7-18-15)13-4-10(17)5-16(20-13)25(3,23)24/h4-8H,1-3H3,(H,18,19,22). The normalized spacial score (nSPS) is 11.7. The lowest BCUT2D eigenvalue weighted by Crippen LogP contribution is -2.07. The molecule has 0 atom stereocenters. The van der Waals surface area contributed by atoms with Gasteiger partial charge in [0, 0.05) is 42.4 Å². The number of hydrogen-bond acceptors (Lipinski definition) is 5. The molecule has 0 spiro atoms. The van der Waals surface area contributed by atoms with E-state index >= 15 is 0 Å². The molecule has 25 heavy (non-hydrogen) atoms. The van der Waals surface area contributed by atoms with Crippen molar-refractivity contribution in [3.63, 3.8) is 0 Å². The molecule has 0 saturated carbocycles. The molecule has 130 valence electrons. The first-order valence-corrected chi connectivity index (χ1v) is 9.53. The van der Waals surface area contributed by atoms with Gasteiger partial charge in [-0.1, -0.05) is 11.6 Å². The number of carbonyl (C=O) groups excluding carboxylic acids is 1. The Morgan fingerprint density at radius 1 is 1.28 bits per heavy atom. The molecule has 3 aromatic rings. The van der Waals surface area contributed by atoms with Gasteiger partial charge in [-0.05, 0) is 18.2 Å². The number of sulfone groups is 1. The van der Waals surface area contributed by atoms with Gasteiger partial charge in [-0.25, -0.2) is 18.4 Å². The van der Waals surface area contributed by atoms with Crippen LogP contribution in [0.3, 0.4) is 0 Å². The molecule has 7 nitrogen and oxygen atoms in total. The Labute approximate surface area is 149 Å². The average Bonchev–Trinajstić information content (AvgIpc) is 2.82. The molecule has 0 bridgehead atoms. The van der Waals surface area contributed by atoms with Crippen LogP contribution in [-0.2, 0) is 21.7 Å². The number of aryl methyl sites for hydroxylation is 1. The van der Waals surface area contributed by atoms with Gasteiger partial charge >= 0.3 is 0 Å². The number of aromatic nitrogens is 3. The Kier molecular flexibility index (Phi) is 4.26. The van der Waals surface area contributed by atoms with E-state index < -0.39 is 9.84 Å². The van der Waals surface area contributed by atoms with E-state index in [2.05, 4.69) is 15.3 Å². The van der Waals surface area contributed by atoms with Crippen LogP contribution in [0.4, 0.5) is 5.82 Å². The number of fused-ring (bicyclic) bond motifs is 1. The largest absolute Gasteiger partial charge is 0.349 e. The zero-order chi connectivity index (χ0) is 18.4. The van der Waals surface area contributed by atoms with Crippen LogP contribution in [0.5, 0.6) is 0 Å².